The summed E-state index contributed by atoms with van der Waals surface area (Å²) in [6, 6.07) is 14.8. The van der Waals surface area contributed by atoms with Crippen LogP contribution >= 0.6 is 0 Å². The van der Waals surface area contributed by atoms with Gasteiger partial charge in [-0.3, -0.25) is 0 Å². The fraction of sp³-hybridized carbons (Fsp3) is 0. The zero-order valence-electron chi connectivity index (χ0n) is 10.4. The van der Waals surface area contributed by atoms with Crippen molar-refractivity contribution in [3.8, 4) is 11.1 Å². The number of para-hydroxylation sites is 1. The third kappa shape index (κ3) is 2.01. The van der Waals surface area contributed by atoms with Gasteiger partial charge in [0.25, 0.3) is 0 Å². The molecule has 0 unspecified atom stereocenters. The Bertz CT molecular complexity index is 814. The zero-order chi connectivity index (χ0) is 14.1. The summed E-state index contributed by atoms with van der Waals surface area (Å²) in [6.07, 6.45) is 0. The van der Waals surface area contributed by atoms with Gasteiger partial charge in [0, 0.05) is 10.9 Å². The molecule has 0 radical (unpaired) electrons. The maximum Gasteiger partial charge on any atom is 0.354 e. The van der Waals surface area contributed by atoms with Crippen LogP contribution in [0.3, 0.4) is 0 Å². The summed E-state index contributed by atoms with van der Waals surface area (Å²) >= 11 is 0. The van der Waals surface area contributed by atoms with E-state index in [2.05, 4.69) is 4.98 Å². The van der Waals surface area contributed by atoms with E-state index in [1.807, 2.05) is 6.07 Å². The Labute approximate surface area is 114 Å². The molecule has 20 heavy (non-hydrogen) atoms. The summed E-state index contributed by atoms with van der Waals surface area (Å²) in [7, 11) is 0. The van der Waals surface area contributed by atoms with E-state index in [0.717, 1.165) is 5.39 Å². The Morgan fingerprint density at radius 3 is 2.45 bits per heavy atom. The number of aromatic nitrogens is 1. The first-order valence-electron chi connectivity index (χ1n) is 6.05. The molecular formula is C16H10FNO2. The fourth-order valence-electron chi connectivity index (χ4n) is 2.19. The molecular weight excluding hydrogens is 257 g/mol. The maximum atomic E-state index is 14.0. The highest BCUT2D eigenvalue weighted by molar-refractivity contribution is 5.99. The smallest absolute Gasteiger partial charge is 0.354 e. The number of hydrogen-bond donors (Lipinski definition) is 1. The molecule has 0 saturated heterocycles. The largest absolute Gasteiger partial charge is 0.477 e. The van der Waals surface area contributed by atoms with Crippen LogP contribution in [0.2, 0.25) is 0 Å². The average molecular weight is 267 g/mol. The summed E-state index contributed by atoms with van der Waals surface area (Å²) in [6.45, 7) is 0. The van der Waals surface area contributed by atoms with Crippen LogP contribution in [0.5, 0.6) is 0 Å². The van der Waals surface area contributed by atoms with Crippen LogP contribution in [-0.4, -0.2) is 16.1 Å². The topological polar surface area (TPSA) is 50.2 Å². The molecule has 98 valence electrons. The van der Waals surface area contributed by atoms with Gasteiger partial charge in [0.05, 0.1) is 5.52 Å². The molecule has 2 aromatic carbocycles. The first-order valence-corrected chi connectivity index (χ1v) is 6.05. The second kappa shape index (κ2) is 4.74. The molecule has 0 aliphatic heterocycles. The number of halogens is 1. The molecule has 3 nitrogen and oxygen atoms in total. The van der Waals surface area contributed by atoms with E-state index in [1.54, 1.807) is 36.4 Å². The Morgan fingerprint density at radius 2 is 1.70 bits per heavy atom. The van der Waals surface area contributed by atoms with Gasteiger partial charge in [0.2, 0.25) is 0 Å². The number of hydrogen-bond acceptors (Lipinski definition) is 2. The predicted octanol–water partition coefficient (Wildman–Crippen LogP) is 3.74. The van der Waals surface area contributed by atoms with Gasteiger partial charge >= 0.3 is 5.97 Å². The normalized spacial score (nSPS) is 10.7. The molecule has 0 saturated carbocycles. The molecule has 0 bridgehead atoms. The fourth-order valence-corrected chi connectivity index (χ4v) is 2.19. The third-order valence-corrected chi connectivity index (χ3v) is 3.10. The number of pyridine rings is 1. The number of rotatable bonds is 2. The van der Waals surface area contributed by atoms with Crippen LogP contribution in [0.1, 0.15) is 10.5 Å². The number of nitrogens with zero attached hydrogens (tertiary/aromatic N) is 1. The van der Waals surface area contributed by atoms with Gasteiger partial charge < -0.3 is 5.11 Å². The van der Waals surface area contributed by atoms with Crippen LogP contribution in [0, 0.1) is 5.82 Å². The summed E-state index contributed by atoms with van der Waals surface area (Å²) in [5, 5.41) is 9.85. The molecule has 0 atom stereocenters. The molecule has 0 fully saturated rings. The van der Waals surface area contributed by atoms with Gasteiger partial charge in [-0.2, -0.15) is 0 Å². The molecule has 4 heteroatoms. The quantitative estimate of drug-likeness (QED) is 0.769. The molecule has 1 aromatic heterocycles. The Hall–Kier alpha value is -2.75. The van der Waals surface area contributed by atoms with E-state index in [4.69, 9.17) is 5.11 Å². The first-order chi connectivity index (χ1) is 9.66. The summed E-state index contributed by atoms with van der Waals surface area (Å²) in [4.78, 5) is 15.2. The lowest BCUT2D eigenvalue weighted by atomic mass is 9.99. The van der Waals surface area contributed by atoms with Crippen molar-refractivity contribution in [3.05, 3.63) is 66.1 Å². The van der Waals surface area contributed by atoms with Crippen molar-refractivity contribution in [2.75, 3.05) is 0 Å². The van der Waals surface area contributed by atoms with Crippen LogP contribution in [0.25, 0.3) is 22.0 Å². The van der Waals surface area contributed by atoms with Gasteiger partial charge in [0.15, 0.2) is 0 Å². The lowest BCUT2D eigenvalue weighted by Crippen LogP contribution is -2.01. The van der Waals surface area contributed by atoms with Crippen molar-refractivity contribution in [2.45, 2.75) is 0 Å². The van der Waals surface area contributed by atoms with E-state index in [9.17, 15) is 9.18 Å². The van der Waals surface area contributed by atoms with E-state index in [-0.39, 0.29) is 11.5 Å². The van der Waals surface area contributed by atoms with Crippen LogP contribution in [0.15, 0.2) is 54.6 Å². The van der Waals surface area contributed by atoms with E-state index < -0.39 is 5.97 Å². The molecule has 3 aromatic rings. The number of benzene rings is 2. The first kappa shape index (κ1) is 12.3. The van der Waals surface area contributed by atoms with E-state index >= 15 is 0 Å². The second-order valence-corrected chi connectivity index (χ2v) is 4.36. The Balaban J connectivity index is 2.39. The highest BCUT2D eigenvalue weighted by Gasteiger charge is 2.14. The van der Waals surface area contributed by atoms with Gasteiger partial charge in [0.1, 0.15) is 11.5 Å². The molecule has 3 rings (SSSR count). The Kier molecular flexibility index (Phi) is 2.91. The van der Waals surface area contributed by atoms with Crippen molar-refractivity contribution in [1.82, 2.24) is 4.98 Å². The number of fused-ring (bicyclic) bond motifs is 1. The highest BCUT2D eigenvalue weighted by atomic mass is 19.1. The number of carbonyl (C=O) groups is 1. The number of carboxylic acid groups (broad SMARTS) is 1. The highest BCUT2D eigenvalue weighted by Crippen LogP contribution is 2.30. The van der Waals surface area contributed by atoms with Crippen molar-refractivity contribution in [2.24, 2.45) is 0 Å². The standard InChI is InChI=1S/C16H10FNO2/c17-13-7-3-1-5-10(13)12-9-15(16(19)20)18-14-8-4-2-6-11(12)14/h1-9H,(H,19,20). The summed E-state index contributed by atoms with van der Waals surface area (Å²) < 4.78 is 14.0. The number of carboxylic acids is 1. The maximum absolute atomic E-state index is 14.0. The second-order valence-electron chi connectivity index (χ2n) is 4.36. The van der Waals surface area contributed by atoms with Crippen LogP contribution < -0.4 is 0 Å². The molecule has 1 heterocycles. The summed E-state index contributed by atoms with van der Waals surface area (Å²) in [5.74, 6) is -1.52. The minimum Gasteiger partial charge on any atom is -0.477 e. The van der Waals surface area contributed by atoms with Crippen LogP contribution in [0.4, 0.5) is 4.39 Å². The minimum absolute atomic E-state index is 0.0954. The van der Waals surface area contributed by atoms with Crippen molar-refractivity contribution in [3.63, 3.8) is 0 Å². The monoisotopic (exact) mass is 267 g/mol. The SMILES string of the molecule is O=C(O)c1cc(-c2ccccc2F)c2ccccc2n1. The van der Waals surface area contributed by atoms with Crippen LogP contribution in [-0.2, 0) is 0 Å². The molecule has 0 spiro atoms. The molecule has 0 amide bonds. The van der Waals surface area contributed by atoms with Crippen molar-refractivity contribution in [1.29, 1.82) is 0 Å². The Morgan fingerprint density at radius 1 is 1.00 bits per heavy atom. The average Bonchev–Trinajstić information content (AvgIpc) is 2.46. The van der Waals surface area contributed by atoms with Gasteiger partial charge in [-0.15, -0.1) is 0 Å². The lowest BCUT2D eigenvalue weighted by molar-refractivity contribution is 0.0691. The third-order valence-electron chi connectivity index (χ3n) is 3.10. The van der Waals surface area contributed by atoms with Crippen molar-refractivity contribution >= 4 is 16.9 Å². The summed E-state index contributed by atoms with van der Waals surface area (Å²) in [5.41, 5.74) is 1.34. The van der Waals surface area contributed by atoms with Gasteiger partial charge in [-0.25, -0.2) is 14.2 Å². The minimum atomic E-state index is -1.13. The van der Waals surface area contributed by atoms with E-state index in [0.29, 0.717) is 16.6 Å². The molecule has 0 aliphatic rings. The van der Waals surface area contributed by atoms with Gasteiger partial charge in [-0.05, 0) is 23.8 Å². The van der Waals surface area contributed by atoms with Gasteiger partial charge in [-0.1, -0.05) is 36.4 Å². The number of aromatic carboxylic acids is 1. The predicted molar refractivity (Wildman–Crippen MR) is 74.1 cm³/mol. The van der Waals surface area contributed by atoms with E-state index in [1.165, 1.54) is 12.1 Å². The molecule has 0 aliphatic carbocycles. The molecule has 1 N–H and O–H groups in total. The zero-order valence-corrected chi connectivity index (χ0v) is 10.4. The lowest BCUT2D eigenvalue weighted by Gasteiger charge is -2.09. The van der Waals surface area contributed by atoms with Crippen molar-refractivity contribution < 1.29 is 14.3 Å².